The zero-order valence-electron chi connectivity index (χ0n) is 12.3. The number of benzene rings is 1. The fourth-order valence-corrected chi connectivity index (χ4v) is 2.50. The van der Waals surface area contributed by atoms with Gasteiger partial charge in [0.05, 0.1) is 18.1 Å². The van der Waals surface area contributed by atoms with Gasteiger partial charge in [-0.2, -0.15) is 0 Å². The predicted octanol–water partition coefficient (Wildman–Crippen LogP) is 1.45. The first-order chi connectivity index (χ1) is 10.3. The van der Waals surface area contributed by atoms with Crippen LogP contribution in [0, 0.1) is 10.1 Å². The van der Waals surface area contributed by atoms with Crippen LogP contribution in [-0.2, 0) is 11.2 Å². The first-order valence-corrected chi connectivity index (χ1v) is 7.50. The maximum Gasteiger partial charge on any atom is 0.272 e. The Kier molecular flexibility index (Phi) is 6.59. The Balaban J connectivity index is 1.60. The van der Waals surface area contributed by atoms with E-state index in [0.29, 0.717) is 6.42 Å². The summed E-state index contributed by atoms with van der Waals surface area (Å²) in [6, 6.07) is 6.94. The molecule has 1 aliphatic heterocycles. The molecule has 116 valence electrons. The Morgan fingerprint density at radius 2 is 2.00 bits per heavy atom. The van der Waals surface area contributed by atoms with E-state index in [1.807, 2.05) is 12.1 Å². The maximum atomic E-state index is 10.9. The molecule has 0 spiro atoms. The molecule has 21 heavy (non-hydrogen) atoms. The number of hydrogen-bond acceptors (Lipinski definition) is 5. The number of ether oxygens (including phenoxy) is 1. The van der Waals surface area contributed by atoms with Crippen molar-refractivity contribution in [1.29, 1.82) is 0 Å². The van der Waals surface area contributed by atoms with Gasteiger partial charge in [-0.25, -0.2) is 0 Å². The van der Waals surface area contributed by atoms with Crippen molar-refractivity contribution in [3.8, 4) is 0 Å². The van der Waals surface area contributed by atoms with Gasteiger partial charge in [-0.05, 0) is 32.5 Å². The highest BCUT2D eigenvalue weighted by Crippen LogP contribution is 2.17. The molecule has 1 saturated heterocycles. The highest BCUT2D eigenvalue weighted by molar-refractivity contribution is 5.39. The molecule has 1 fully saturated rings. The first kappa shape index (κ1) is 15.9. The van der Waals surface area contributed by atoms with Crippen LogP contribution in [-0.4, -0.2) is 55.8 Å². The monoisotopic (exact) mass is 293 g/mol. The summed E-state index contributed by atoms with van der Waals surface area (Å²) in [5.74, 6) is 0. The number of nitro groups is 1. The van der Waals surface area contributed by atoms with Gasteiger partial charge in [0.15, 0.2) is 0 Å². The van der Waals surface area contributed by atoms with E-state index in [-0.39, 0.29) is 10.6 Å². The molecule has 0 aliphatic carbocycles. The van der Waals surface area contributed by atoms with Crippen LogP contribution in [0.4, 0.5) is 5.69 Å². The van der Waals surface area contributed by atoms with Crippen molar-refractivity contribution in [2.45, 2.75) is 12.8 Å². The quantitative estimate of drug-likeness (QED) is 0.446. The summed E-state index contributed by atoms with van der Waals surface area (Å²) in [5.41, 5.74) is 1.01. The second-order valence-corrected chi connectivity index (χ2v) is 5.19. The topological polar surface area (TPSA) is 67.6 Å². The van der Waals surface area contributed by atoms with Crippen molar-refractivity contribution in [1.82, 2.24) is 10.2 Å². The van der Waals surface area contributed by atoms with Gasteiger partial charge >= 0.3 is 0 Å². The third-order valence-corrected chi connectivity index (χ3v) is 3.69. The summed E-state index contributed by atoms with van der Waals surface area (Å²) >= 11 is 0. The Morgan fingerprint density at radius 1 is 1.24 bits per heavy atom. The van der Waals surface area contributed by atoms with Crippen LogP contribution in [0.5, 0.6) is 0 Å². The van der Waals surface area contributed by atoms with Crippen molar-refractivity contribution in [2.75, 3.05) is 45.9 Å². The van der Waals surface area contributed by atoms with Crippen LogP contribution < -0.4 is 5.32 Å². The second kappa shape index (κ2) is 8.71. The van der Waals surface area contributed by atoms with Crippen LogP contribution >= 0.6 is 0 Å². The van der Waals surface area contributed by atoms with E-state index >= 15 is 0 Å². The number of morpholine rings is 1. The number of para-hydroxylation sites is 1. The van der Waals surface area contributed by atoms with Crippen LogP contribution in [0.25, 0.3) is 0 Å². The van der Waals surface area contributed by atoms with E-state index in [9.17, 15) is 10.1 Å². The number of nitro benzene ring substituents is 1. The number of hydrogen-bond donors (Lipinski definition) is 1. The van der Waals surface area contributed by atoms with Gasteiger partial charge in [-0.15, -0.1) is 0 Å². The first-order valence-electron chi connectivity index (χ1n) is 7.50. The number of nitrogens with zero attached hydrogens (tertiary/aromatic N) is 2. The Bertz CT molecular complexity index is 448. The number of nitrogens with one attached hydrogen (secondary N) is 1. The highest BCUT2D eigenvalue weighted by atomic mass is 16.6. The molecule has 6 nitrogen and oxygen atoms in total. The van der Waals surface area contributed by atoms with E-state index in [0.717, 1.165) is 57.9 Å². The van der Waals surface area contributed by atoms with Crippen molar-refractivity contribution in [3.05, 3.63) is 39.9 Å². The smallest absolute Gasteiger partial charge is 0.272 e. The van der Waals surface area contributed by atoms with Gasteiger partial charge in [-0.3, -0.25) is 15.0 Å². The van der Waals surface area contributed by atoms with E-state index < -0.39 is 0 Å². The largest absolute Gasteiger partial charge is 0.379 e. The third kappa shape index (κ3) is 5.41. The molecule has 0 unspecified atom stereocenters. The van der Waals surface area contributed by atoms with E-state index in [1.165, 1.54) is 0 Å². The molecule has 1 N–H and O–H groups in total. The standard InChI is InChI=1S/C15H23N3O3/c19-18(20)15-5-2-1-4-14(15)6-8-16-7-3-9-17-10-12-21-13-11-17/h1-2,4-5,16H,3,6-13H2. The Hall–Kier alpha value is -1.50. The second-order valence-electron chi connectivity index (χ2n) is 5.19. The molecule has 2 rings (SSSR count). The van der Waals surface area contributed by atoms with Gasteiger partial charge in [0, 0.05) is 24.7 Å². The predicted molar refractivity (Wildman–Crippen MR) is 81.5 cm³/mol. The minimum Gasteiger partial charge on any atom is -0.379 e. The van der Waals surface area contributed by atoms with Crippen LogP contribution in [0.2, 0.25) is 0 Å². The zero-order valence-corrected chi connectivity index (χ0v) is 12.3. The van der Waals surface area contributed by atoms with Crippen molar-refractivity contribution >= 4 is 5.69 Å². The molecule has 1 heterocycles. The van der Waals surface area contributed by atoms with Gasteiger partial charge in [0.1, 0.15) is 0 Å². The van der Waals surface area contributed by atoms with Crippen LogP contribution in [0.15, 0.2) is 24.3 Å². The molecule has 0 atom stereocenters. The molecule has 0 bridgehead atoms. The molecule has 0 radical (unpaired) electrons. The minimum absolute atomic E-state index is 0.215. The highest BCUT2D eigenvalue weighted by Gasteiger charge is 2.11. The third-order valence-electron chi connectivity index (χ3n) is 3.69. The van der Waals surface area contributed by atoms with E-state index in [1.54, 1.807) is 12.1 Å². The minimum atomic E-state index is -0.312. The Morgan fingerprint density at radius 3 is 2.76 bits per heavy atom. The summed E-state index contributed by atoms with van der Waals surface area (Å²) in [4.78, 5) is 13.0. The molecular weight excluding hydrogens is 270 g/mol. The normalized spacial score (nSPS) is 16.0. The van der Waals surface area contributed by atoms with Gasteiger partial charge in [-0.1, -0.05) is 18.2 Å². The summed E-state index contributed by atoms with van der Waals surface area (Å²) in [6.07, 6.45) is 1.78. The lowest BCUT2D eigenvalue weighted by molar-refractivity contribution is -0.385. The lowest BCUT2D eigenvalue weighted by Crippen LogP contribution is -2.37. The van der Waals surface area contributed by atoms with Gasteiger partial charge in [0.2, 0.25) is 0 Å². The fourth-order valence-electron chi connectivity index (χ4n) is 2.50. The molecule has 6 heteroatoms. The Labute approximate surface area is 125 Å². The molecule has 1 aliphatic rings. The van der Waals surface area contributed by atoms with Crippen LogP contribution in [0.1, 0.15) is 12.0 Å². The van der Waals surface area contributed by atoms with Gasteiger partial charge in [0.25, 0.3) is 5.69 Å². The molecule has 1 aromatic rings. The summed E-state index contributed by atoms with van der Waals surface area (Å²) in [7, 11) is 0. The average Bonchev–Trinajstić information content (AvgIpc) is 2.52. The molecule has 0 aromatic heterocycles. The average molecular weight is 293 g/mol. The van der Waals surface area contributed by atoms with Crippen molar-refractivity contribution < 1.29 is 9.66 Å². The van der Waals surface area contributed by atoms with Crippen molar-refractivity contribution in [3.63, 3.8) is 0 Å². The SMILES string of the molecule is O=[N+]([O-])c1ccccc1CCNCCCN1CCOCC1. The van der Waals surface area contributed by atoms with Gasteiger partial charge < -0.3 is 10.1 Å². The van der Waals surface area contributed by atoms with Crippen molar-refractivity contribution in [2.24, 2.45) is 0 Å². The maximum absolute atomic E-state index is 10.9. The zero-order chi connectivity index (χ0) is 14.9. The molecular formula is C15H23N3O3. The number of rotatable bonds is 8. The summed E-state index contributed by atoms with van der Waals surface area (Å²) in [6.45, 7) is 6.52. The fraction of sp³-hybridized carbons (Fsp3) is 0.600. The lowest BCUT2D eigenvalue weighted by atomic mass is 10.1. The van der Waals surface area contributed by atoms with E-state index in [4.69, 9.17) is 4.74 Å². The molecule has 0 amide bonds. The molecule has 0 saturated carbocycles. The van der Waals surface area contributed by atoms with Crippen LogP contribution in [0.3, 0.4) is 0 Å². The summed E-state index contributed by atoms with van der Waals surface area (Å²) in [5, 5.41) is 14.3. The summed E-state index contributed by atoms with van der Waals surface area (Å²) < 4.78 is 5.31. The molecule has 1 aromatic carbocycles. The lowest BCUT2D eigenvalue weighted by Gasteiger charge is -2.26. The van der Waals surface area contributed by atoms with E-state index in [2.05, 4.69) is 10.2 Å².